The minimum atomic E-state index is -2.84. The van der Waals surface area contributed by atoms with Crippen LogP contribution in [0.2, 0.25) is 0 Å². The Morgan fingerprint density at radius 3 is 2.35 bits per heavy atom. The van der Waals surface area contributed by atoms with Crippen molar-refractivity contribution in [1.29, 1.82) is 0 Å². The Morgan fingerprint density at radius 1 is 1.35 bits per heavy atom. The SMILES string of the molecule is CC(C)(C)OC(=O)C1(c2ccc(Br)cn2)CC(F)(F)C1. The van der Waals surface area contributed by atoms with Crippen LogP contribution in [-0.2, 0) is 14.9 Å². The Bertz CT molecular complexity index is 515. The number of hydrogen-bond acceptors (Lipinski definition) is 3. The lowest BCUT2D eigenvalue weighted by Crippen LogP contribution is -2.56. The van der Waals surface area contributed by atoms with Crippen molar-refractivity contribution >= 4 is 21.9 Å². The number of pyridine rings is 1. The molecule has 1 heterocycles. The van der Waals surface area contributed by atoms with Crippen molar-refractivity contribution < 1.29 is 18.3 Å². The van der Waals surface area contributed by atoms with E-state index in [1.807, 2.05) is 0 Å². The first-order valence-corrected chi connectivity index (χ1v) is 7.07. The highest BCUT2D eigenvalue weighted by molar-refractivity contribution is 9.10. The van der Waals surface area contributed by atoms with Gasteiger partial charge in [-0.2, -0.15) is 0 Å². The summed E-state index contributed by atoms with van der Waals surface area (Å²) in [5.41, 5.74) is -1.72. The fourth-order valence-electron chi connectivity index (χ4n) is 2.30. The highest BCUT2D eigenvalue weighted by Gasteiger charge is 2.64. The van der Waals surface area contributed by atoms with Crippen LogP contribution in [-0.4, -0.2) is 22.5 Å². The summed E-state index contributed by atoms with van der Waals surface area (Å²) < 4.78 is 32.7. The second-order valence-electron chi connectivity index (χ2n) is 6.16. The molecule has 0 atom stereocenters. The average molecular weight is 348 g/mol. The Kier molecular flexibility index (Phi) is 3.65. The first kappa shape index (κ1) is 15.4. The molecule has 110 valence electrons. The second-order valence-corrected chi connectivity index (χ2v) is 7.07. The van der Waals surface area contributed by atoms with Crippen LogP contribution >= 0.6 is 15.9 Å². The van der Waals surface area contributed by atoms with Crippen LogP contribution in [0.1, 0.15) is 39.3 Å². The molecular formula is C14H16BrF2NO2. The van der Waals surface area contributed by atoms with Crippen LogP contribution in [0.4, 0.5) is 8.78 Å². The highest BCUT2D eigenvalue weighted by Crippen LogP contribution is 2.54. The van der Waals surface area contributed by atoms with Gasteiger partial charge in [0.2, 0.25) is 0 Å². The van der Waals surface area contributed by atoms with E-state index in [1.54, 1.807) is 32.9 Å². The topological polar surface area (TPSA) is 39.2 Å². The van der Waals surface area contributed by atoms with Gasteiger partial charge in [0.05, 0.1) is 5.69 Å². The number of rotatable bonds is 2. The minimum absolute atomic E-state index is 0.334. The van der Waals surface area contributed by atoms with E-state index in [-0.39, 0.29) is 0 Å². The summed E-state index contributed by atoms with van der Waals surface area (Å²) in [6.07, 6.45) is 0.394. The molecule has 0 saturated heterocycles. The van der Waals surface area contributed by atoms with Crippen LogP contribution in [0.15, 0.2) is 22.8 Å². The van der Waals surface area contributed by atoms with Crippen molar-refractivity contribution in [3.63, 3.8) is 0 Å². The highest BCUT2D eigenvalue weighted by atomic mass is 79.9. The third-order valence-corrected chi connectivity index (χ3v) is 3.60. The number of aromatic nitrogens is 1. The molecule has 1 aliphatic rings. The lowest BCUT2D eigenvalue weighted by atomic mass is 9.63. The molecule has 20 heavy (non-hydrogen) atoms. The summed E-state index contributed by atoms with van der Waals surface area (Å²) >= 11 is 3.23. The first-order valence-electron chi connectivity index (χ1n) is 6.27. The molecule has 1 aromatic heterocycles. The molecule has 1 saturated carbocycles. The largest absolute Gasteiger partial charge is 0.459 e. The van der Waals surface area contributed by atoms with Gasteiger partial charge < -0.3 is 4.74 Å². The summed E-state index contributed by atoms with van der Waals surface area (Å²) in [4.78, 5) is 16.4. The van der Waals surface area contributed by atoms with E-state index in [9.17, 15) is 13.6 Å². The van der Waals surface area contributed by atoms with Gasteiger partial charge in [0.1, 0.15) is 11.0 Å². The zero-order valence-electron chi connectivity index (χ0n) is 11.5. The number of ether oxygens (including phenoxy) is 1. The summed E-state index contributed by atoms with van der Waals surface area (Å²) in [5, 5.41) is 0. The third kappa shape index (κ3) is 3.00. The summed E-state index contributed by atoms with van der Waals surface area (Å²) in [6, 6.07) is 3.27. The van der Waals surface area contributed by atoms with Gasteiger partial charge in [-0.3, -0.25) is 9.78 Å². The summed E-state index contributed by atoms with van der Waals surface area (Å²) in [5.74, 6) is -3.48. The summed E-state index contributed by atoms with van der Waals surface area (Å²) in [7, 11) is 0. The van der Waals surface area contributed by atoms with Crippen LogP contribution in [0.25, 0.3) is 0 Å². The van der Waals surface area contributed by atoms with Gasteiger partial charge in [0.25, 0.3) is 5.92 Å². The predicted octanol–water partition coefficient (Wildman–Crippen LogP) is 3.85. The average Bonchev–Trinajstić information content (AvgIpc) is 2.23. The predicted molar refractivity (Wildman–Crippen MR) is 73.6 cm³/mol. The Morgan fingerprint density at radius 2 is 1.95 bits per heavy atom. The molecule has 2 rings (SSSR count). The number of alkyl halides is 2. The van der Waals surface area contributed by atoms with E-state index in [2.05, 4.69) is 20.9 Å². The number of halogens is 3. The molecule has 1 fully saturated rings. The van der Waals surface area contributed by atoms with Gasteiger partial charge in [-0.15, -0.1) is 0 Å². The maximum Gasteiger partial charge on any atom is 0.319 e. The molecule has 1 aromatic rings. The number of carbonyl (C=O) groups is 1. The number of carbonyl (C=O) groups excluding carboxylic acids is 1. The van der Waals surface area contributed by atoms with Crippen molar-refractivity contribution in [2.45, 2.75) is 50.6 Å². The van der Waals surface area contributed by atoms with Crippen molar-refractivity contribution in [2.24, 2.45) is 0 Å². The molecular weight excluding hydrogens is 332 g/mol. The fourth-order valence-corrected chi connectivity index (χ4v) is 2.53. The van der Waals surface area contributed by atoms with Gasteiger partial charge in [0.15, 0.2) is 0 Å². The van der Waals surface area contributed by atoms with Gasteiger partial charge in [-0.05, 0) is 48.8 Å². The molecule has 0 unspecified atom stereocenters. The molecule has 1 aliphatic carbocycles. The molecule has 0 radical (unpaired) electrons. The van der Waals surface area contributed by atoms with Crippen molar-refractivity contribution in [3.05, 3.63) is 28.5 Å². The lowest BCUT2D eigenvalue weighted by Gasteiger charge is -2.45. The Hall–Kier alpha value is -1.04. The smallest absolute Gasteiger partial charge is 0.319 e. The number of nitrogens with zero attached hydrogens (tertiary/aromatic N) is 1. The lowest BCUT2D eigenvalue weighted by molar-refractivity contribution is -0.190. The van der Waals surface area contributed by atoms with Crippen LogP contribution < -0.4 is 0 Å². The minimum Gasteiger partial charge on any atom is -0.459 e. The van der Waals surface area contributed by atoms with E-state index in [0.717, 1.165) is 4.47 Å². The van der Waals surface area contributed by atoms with E-state index in [1.165, 1.54) is 6.20 Å². The molecule has 0 bridgehead atoms. The first-order chi connectivity index (χ1) is 9.04. The maximum absolute atomic E-state index is 13.3. The molecule has 0 aromatic carbocycles. The van der Waals surface area contributed by atoms with Crippen molar-refractivity contribution in [3.8, 4) is 0 Å². The fraction of sp³-hybridized carbons (Fsp3) is 0.571. The molecule has 0 aliphatic heterocycles. The monoisotopic (exact) mass is 347 g/mol. The van der Waals surface area contributed by atoms with E-state index in [0.29, 0.717) is 5.69 Å². The molecule has 0 amide bonds. The molecule has 3 nitrogen and oxygen atoms in total. The second kappa shape index (κ2) is 4.76. The van der Waals surface area contributed by atoms with Gasteiger partial charge >= 0.3 is 5.97 Å². The molecule has 0 N–H and O–H groups in total. The van der Waals surface area contributed by atoms with E-state index in [4.69, 9.17) is 4.74 Å². The van der Waals surface area contributed by atoms with Crippen molar-refractivity contribution in [2.75, 3.05) is 0 Å². The summed E-state index contributed by atoms with van der Waals surface area (Å²) in [6.45, 7) is 5.14. The van der Waals surface area contributed by atoms with E-state index >= 15 is 0 Å². The Labute approximate surface area is 124 Å². The van der Waals surface area contributed by atoms with Crippen LogP contribution in [0.5, 0.6) is 0 Å². The van der Waals surface area contributed by atoms with Crippen LogP contribution in [0.3, 0.4) is 0 Å². The number of hydrogen-bond donors (Lipinski definition) is 0. The van der Waals surface area contributed by atoms with Gasteiger partial charge in [0, 0.05) is 23.5 Å². The van der Waals surface area contributed by atoms with Gasteiger partial charge in [-0.1, -0.05) is 0 Å². The van der Waals surface area contributed by atoms with E-state index < -0.39 is 35.7 Å². The zero-order chi connectivity index (χ0) is 15.2. The number of esters is 1. The van der Waals surface area contributed by atoms with Gasteiger partial charge in [-0.25, -0.2) is 8.78 Å². The standard InChI is InChI=1S/C14H16BrF2NO2/c1-12(2,3)20-11(19)13(7-14(16,17)8-13)10-5-4-9(15)6-18-10/h4-6H,7-8H2,1-3H3. The molecule has 6 heteroatoms. The normalized spacial score (nSPS) is 20.1. The molecule has 0 spiro atoms. The Balaban J connectivity index is 2.33. The zero-order valence-corrected chi connectivity index (χ0v) is 13.1. The third-order valence-electron chi connectivity index (χ3n) is 3.13. The van der Waals surface area contributed by atoms with Crippen LogP contribution in [0, 0.1) is 0 Å². The maximum atomic E-state index is 13.3. The van der Waals surface area contributed by atoms with Crippen molar-refractivity contribution in [1.82, 2.24) is 4.98 Å². The quantitative estimate of drug-likeness (QED) is 0.762.